The molecule has 0 aliphatic rings. The molecule has 19 heavy (non-hydrogen) atoms. The van der Waals surface area contributed by atoms with Crippen LogP contribution in [0.5, 0.6) is 0 Å². The third-order valence-corrected chi connectivity index (χ3v) is 4.27. The number of nitrogen functional groups attached to an aromatic ring is 1. The van der Waals surface area contributed by atoms with Gasteiger partial charge in [0.1, 0.15) is 10.6 Å². The van der Waals surface area contributed by atoms with Crippen LogP contribution in [0.15, 0.2) is 30.3 Å². The number of thiophene rings is 1. The normalized spacial score (nSPS) is 11.1. The van der Waals surface area contributed by atoms with E-state index in [0.717, 1.165) is 22.2 Å². The topological polar surface area (TPSA) is 51.8 Å². The van der Waals surface area contributed by atoms with Gasteiger partial charge in [0.05, 0.1) is 5.39 Å². The maximum absolute atomic E-state index is 6.06. The Morgan fingerprint density at radius 3 is 2.79 bits per heavy atom. The molecule has 0 aliphatic carbocycles. The molecule has 0 radical (unpaired) electrons. The predicted octanol–water partition coefficient (Wildman–Crippen LogP) is 3.81. The van der Waals surface area contributed by atoms with Crippen molar-refractivity contribution in [1.82, 2.24) is 9.97 Å². The van der Waals surface area contributed by atoms with E-state index < -0.39 is 0 Å². The molecule has 0 saturated carbocycles. The Bertz CT molecular complexity index is 746. The molecule has 2 N–H and O–H groups in total. The summed E-state index contributed by atoms with van der Waals surface area (Å²) in [5, 5.41) is 0.971. The molecule has 2 heterocycles. The first-order chi connectivity index (χ1) is 9.17. The Labute approximate surface area is 116 Å². The standard InChI is InChI=1S/C15H15N3S/c1-3-11-8-12-13(16)17-14(18-15(12)19-11)10-6-4-5-9(2)7-10/h4-8H,3H2,1-2H3,(H2,16,17,18). The summed E-state index contributed by atoms with van der Waals surface area (Å²) >= 11 is 1.69. The van der Waals surface area contributed by atoms with Crippen molar-refractivity contribution in [3.05, 3.63) is 40.8 Å². The first-order valence-corrected chi connectivity index (χ1v) is 7.12. The zero-order valence-electron chi connectivity index (χ0n) is 11.0. The molecule has 0 aliphatic heterocycles. The van der Waals surface area contributed by atoms with Gasteiger partial charge in [0.25, 0.3) is 0 Å². The molecule has 4 heteroatoms. The molecule has 3 nitrogen and oxygen atoms in total. The van der Waals surface area contributed by atoms with Crippen molar-refractivity contribution in [3.63, 3.8) is 0 Å². The van der Waals surface area contributed by atoms with E-state index in [9.17, 15) is 0 Å². The van der Waals surface area contributed by atoms with Crippen molar-refractivity contribution in [2.24, 2.45) is 0 Å². The maximum Gasteiger partial charge on any atom is 0.163 e. The zero-order valence-corrected chi connectivity index (χ0v) is 11.8. The molecule has 96 valence electrons. The van der Waals surface area contributed by atoms with Gasteiger partial charge < -0.3 is 5.73 Å². The Morgan fingerprint density at radius 2 is 2.05 bits per heavy atom. The monoisotopic (exact) mass is 269 g/mol. The van der Waals surface area contributed by atoms with Crippen molar-refractivity contribution < 1.29 is 0 Å². The van der Waals surface area contributed by atoms with E-state index in [4.69, 9.17) is 5.73 Å². The highest BCUT2D eigenvalue weighted by Crippen LogP contribution is 2.30. The van der Waals surface area contributed by atoms with Gasteiger partial charge in [0.2, 0.25) is 0 Å². The fourth-order valence-electron chi connectivity index (χ4n) is 2.08. The van der Waals surface area contributed by atoms with Crippen molar-refractivity contribution >= 4 is 27.4 Å². The quantitative estimate of drug-likeness (QED) is 0.769. The lowest BCUT2D eigenvalue weighted by atomic mass is 10.1. The number of nitrogens with zero attached hydrogens (tertiary/aromatic N) is 2. The van der Waals surface area contributed by atoms with Gasteiger partial charge in [0.15, 0.2) is 5.82 Å². The number of aromatic nitrogens is 2. The molecule has 0 fully saturated rings. The van der Waals surface area contributed by atoms with E-state index in [1.54, 1.807) is 11.3 Å². The SMILES string of the molecule is CCc1cc2c(N)nc(-c3cccc(C)c3)nc2s1. The molecule has 0 spiro atoms. The van der Waals surface area contributed by atoms with Crippen molar-refractivity contribution in [1.29, 1.82) is 0 Å². The van der Waals surface area contributed by atoms with Crippen molar-refractivity contribution in [2.45, 2.75) is 20.3 Å². The minimum Gasteiger partial charge on any atom is -0.383 e. The Kier molecular flexibility index (Phi) is 2.95. The fraction of sp³-hybridized carbons (Fsp3) is 0.200. The summed E-state index contributed by atoms with van der Waals surface area (Å²) in [7, 11) is 0. The molecule has 0 saturated heterocycles. The summed E-state index contributed by atoms with van der Waals surface area (Å²) in [6.07, 6.45) is 1.00. The van der Waals surface area contributed by atoms with Gasteiger partial charge in [-0.3, -0.25) is 0 Å². The van der Waals surface area contributed by atoms with Gasteiger partial charge in [0, 0.05) is 10.4 Å². The number of hydrogen-bond acceptors (Lipinski definition) is 4. The fourth-order valence-corrected chi connectivity index (χ4v) is 3.06. The van der Waals surface area contributed by atoms with E-state index in [1.165, 1.54) is 10.4 Å². The Morgan fingerprint density at radius 1 is 1.21 bits per heavy atom. The summed E-state index contributed by atoms with van der Waals surface area (Å²) in [6, 6.07) is 10.3. The summed E-state index contributed by atoms with van der Waals surface area (Å²) in [5.41, 5.74) is 8.26. The summed E-state index contributed by atoms with van der Waals surface area (Å²) < 4.78 is 0. The van der Waals surface area contributed by atoms with Gasteiger partial charge in [-0.15, -0.1) is 11.3 Å². The Hall–Kier alpha value is -1.94. The molecular formula is C15H15N3S. The van der Waals surface area contributed by atoms with Gasteiger partial charge in [-0.25, -0.2) is 9.97 Å². The van der Waals surface area contributed by atoms with Gasteiger partial charge in [-0.2, -0.15) is 0 Å². The largest absolute Gasteiger partial charge is 0.383 e. The molecule has 3 rings (SSSR count). The van der Waals surface area contributed by atoms with Crippen LogP contribution in [0.2, 0.25) is 0 Å². The zero-order chi connectivity index (χ0) is 13.4. The van der Waals surface area contributed by atoms with Crippen LogP contribution in [0, 0.1) is 6.92 Å². The highest BCUT2D eigenvalue weighted by atomic mass is 32.1. The number of hydrogen-bond donors (Lipinski definition) is 1. The molecule has 0 unspecified atom stereocenters. The predicted molar refractivity (Wildman–Crippen MR) is 81.4 cm³/mol. The van der Waals surface area contributed by atoms with Crippen LogP contribution in [-0.4, -0.2) is 9.97 Å². The molecule has 1 aromatic carbocycles. The highest BCUT2D eigenvalue weighted by molar-refractivity contribution is 7.18. The van der Waals surface area contributed by atoms with Gasteiger partial charge in [-0.1, -0.05) is 30.7 Å². The molecule has 3 aromatic rings. The lowest BCUT2D eigenvalue weighted by Crippen LogP contribution is -1.96. The number of aryl methyl sites for hydroxylation is 2. The number of nitrogens with two attached hydrogens (primary N) is 1. The first-order valence-electron chi connectivity index (χ1n) is 6.30. The third-order valence-electron chi connectivity index (χ3n) is 3.10. The van der Waals surface area contributed by atoms with Crippen LogP contribution < -0.4 is 5.73 Å². The van der Waals surface area contributed by atoms with Crippen LogP contribution in [0.1, 0.15) is 17.4 Å². The van der Waals surface area contributed by atoms with E-state index >= 15 is 0 Å². The summed E-state index contributed by atoms with van der Waals surface area (Å²) in [6.45, 7) is 4.20. The van der Waals surface area contributed by atoms with Gasteiger partial charge >= 0.3 is 0 Å². The maximum atomic E-state index is 6.06. The third kappa shape index (κ3) is 2.19. The minimum absolute atomic E-state index is 0.567. The van der Waals surface area contributed by atoms with E-state index in [1.807, 2.05) is 12.1 Å². The molecule has 0 amide bonds. The van der Waals surface area contributed by atoms with Crippen LogP contribution in [0.25, 0.3) is 21.6 Å². The average Bonchev–Trinajstić information content (AvgIpc) is 2.82. The second-order valence-corrected chi connectivity index (χ2v) is 5.70. The lowest BCUT2D eigenvalue weighted by Gasteiger charge is -2.03. The van der Waals surface area contributed by atoms with E-state index in [0.29, 0.717) is 11.6 Å². The molecular weight excluding hydrogens is 254 g/mol. The highest BCUT2D eigenvalue weighted by Gasteiger charge is 2.10. The van der Waals surface area contributed by atoms with E-state index in [2.05, 4.69) is 42.0 Å². The number of anilines is 1. The van der Waals surface area contributed by atoms with Crippen molar-refractivity contribution in [3.8, 4) is 11.4 Å². The second kappa shape index (κ2) is 4.63. The molecule has 0 bridgehead atoms. The lowest BCUT2D eigenvalue weighted by molar-refractivity contribution is 1.19. The number of fused-ring (bicyclic) bond motifs is 1. The smallest absolute Gasteiger partial charge is 0.163 e. The Balaban J connectivity index is 2.20. The molecule has 2 aromatic heterocycles. The summed E-state index contributed by atoms with van der Waals surface area (Å²) in [5.74, 6) is 1.27. The van der Waals surface area contributed by atoms with Crippen LogP contribution >= 0.6 is 11.3 Å². The molecule has 0 atom stereocenters. The average molecular weight is 269 g/mol. The summed E-state index contributed by atoms with van der Waals surface area (Å²) in [4.78, 5) is 11.3. The number of benzene rings is 1. The van der Waals surface area contributed by atoms with Crippen LogP contribution in [-0.2, 0) is 6.42 Å². The number of rotatable bonds is 2. The van der Waals surface area contributed by atoms with E-state index in [-0.39, 0.29) is 0 Å². The van der Waals surface area contributed by atoms with Crippen LogP contribution in [0.3, 0.4) is 0 Å². The van der Waals surface area contributed by atoms with Gasteiger partial charge in [-0.05, 0) is 25.5 Å². The first kappa shape index (κ1) is 12.1. The van der Waals surface area contributed by atoms with Crippen LogP contribution in [0.4, 0.5) is 5.82 Å². The van der Waals surface area contributed by atoms with Crippen molar-refractivity contribution in [2.75, 3.05) is 5.73 Å². The minimum atomic E-state index is 0.567. The second-order valence-electron chi connectivity index (χ2n) is 4.59.